The van der Waals surface area contributed by atoms with Crippen molar-refractivity contribution in [3.8, 4) is 5.69 Å². The van der Waals surface area contributed by atoms with Crippen LogP contribution in [0, 0.1) is 19.3 Å². The summed E-state index contributed by atoms with van der Waals surface area (Å²) < 4.78 is 3.07. The number of carbonyl (C=O) groups is 1. The van der Waals surface area contributed by atoms with E-state index in [1.165, 1.54) is 5.56 Å². The monoisotopic (exact) mass is 411 g/mol. The van der Waals surface area contributed by atoms with Crippen LogP contribution >= 0.6 is 11.3 Å². The van der Waals surface area contributed by atoms with Crippen LogP contribution in [0.5, 0.6) is 0 Å². The molecule has 7 heteroatoms. The minimum Gasteiger partial charge on any atom is -0.346 e. The third kappa shape index (κ3) is 3.88. The second-order valence-electron chi connectivity index (χ2n) is 8.86. The first kappa shape index (κ1) is 19.9. The molecule has 0 aliphatic carbocycles. The summed E-state index contributed by atoms with van der Waals surface area (Å²) in [6, 6.07) is 8.37. The van der Waals surface area contributed by atoms with Crippen LogP contribution < -0.4 is 4.90 Å². The van der Waals surface area contributed by atoms with E-state index in [9.17, 15) is 4.79 Å². The maximum absolute atomic E-state index is 12.7. The highest BCUT2D eigenvalue weighted by Crippen LogP contribution is 2.33. The molecule has 0 unspecified atom stereocenters. The summed E-state index contributed by atoms with van der Waals surface area (Å²) in [5.74, 6) is 0.231. The minimum atomic E-state index is -0.334. The molecule has 1 aromatic carbocycles. The molecule has 154 valence electrons. The lowest BCUT2D eigenvalue weighted by Gasteiger charge is -2.28. The second kappa shape index (κ2) is 7.44. The van der Waals surface area contributed by atoms with Crippen molar-refractivity contribution in [3.63, 3.8) is 0 Å². The summed E-state index contributed by atoms with van der Waals surface area (Å²) in [6.45, 7) is 13.4. The average Bonchev–Trinajstić information content (AvgIpc) is 3.13. The topological polar surface area (TPSA) is 54.3 Å². The van der Waals surface area contributed by atoms with Crippen LogP contribution in [-0.4, -0.2) is 51.8 Å². The summed E-state index contributed by atoms with van der Waals surface area (Å²) >= 11 is 1.70. The lowest BCUT2D eigenvalue weighted by atomic mass is 9.94. The van der Waals surface area contributed by atoms with Crippen LogP contribution in [0.25, 0.3) is 16.0 Å². The summed E-state index contributed by atoms with van der Waals surface area (Å²) in [5, 5.41) is 5.73. The highest BCUT2D eigenvalue weighted by atomic mass is 32.1. The molecule has 1 aliphatic rings. The van der Waals surface area contributed by atoms with Gasteiger partial charge < -0.3 is 9.80 Å². The van der Waals surface area contributed by atoms with Crippen LogP contribution in [0.2, 0.25) is 0 Å². The van der Waals surface area contributed by atoms with Crippen LogP contribution in [0.1, 0.15) is 38.4 Å². The summed E-state index contributed by atoms with van der Waals surface area (Å²) in [7, 11) is 0. The zero-order valence-corrected chi connectivity index (χ0v) is 18.7. The van der Waals surface area contributed by atoms with E-state index in [4.69, 9.17) is 10.1 Å². The molecule has 0 saturated carbocycles. The van der Waals surface area contributed by atoms with Gasteiger partial charge in [-0.3, -0.25) is 4.79 Å². The Morgan fingerprint density at radius 1 is 1.03 bits per heavy atom. The van der Waals surface area contributed by atoms with E-state index in [2.05, 4.69) is 36.1 Å². The maximum Gasteiger partial charge on any atom is 0.228 e. The van der Waals surface area contributed by atoms with Gasteiger partial charge in [-0.2, -0.15) is 10.1 Å². The Bertz CT molecular complexity index is 1030. The lowest BCUT2D eigenvalue weighted by Crippen LogP contribution is -2.41. The van der Waals surface area contributed by atoms with E-state index < -0.39 is 0 Å². The molecule has 3 heterocycles. The van der Waals surface area contributed by atoms with Gasteiger partial charge >= 0.3 is 0 Å². The van der Waals surface area contributed by atoms with Crippen LogP contribution in [0.15, 0.2) is 24.3 Å². The Balaban J connectivity index is 1.59. The van der Waals surface area contributed by atoms with Gasteiger partial charge in [0.2, 0.25) is 5.91 Å². The molecule has 1 fully saturated rings. The predicted octanol–water partition coefficient (Wildman–Crippen LogP) is 4.18. The van der Waals surface area contributed by atoms with E-state index in [-0.39, 0.29) is 11.3 Å². The number of rotatable bonds is 2. The molecular formula is C22H29N5OS. The van der Waals surface area contributed by atoms with Gasteiger partial charge in [-0.15, -0.1) is 0 Å². The van der Waals surface area contributed by atoms with Gasteiger partial charge in [-0.25, -0.2) is 4.68 Å². The van der Waals surface area contributed by atoms with E-state index >= 15 is 0 Å². The van der Waals surface area contributed by atoms with E-state index in [0.29, 0.717) is 0 Å². The van der Waals surface area contributed by atoms with E-state index in [1.54, 1.807) is 11.3 Å². The number of carbonyl (C=O) groups excluding carboxylic acids is 1. The summed E-state index contributed by atoms with van der Waals surface area (Å²) in [4.78, 5) is 22.0. The number of hydrogen-bond acceptors (Lipinski definition) is 5. The minimum absolute atomic E-state index is 0.231. The van der Waals surface area contributed by atoms with Crippen molar-refractivity contribution in [1.82, 2.24) is 19.7 Å². The highest BCUT2D eigenvalue weighted by molar-refractivity contribution is 7.22. The molecular weight excluding hydrogens is 382 g/mol. The fourth-order valence-corrected chi connectivity index (χ4v) is 4.75. The Morgan fingerprint density at radius 3 is 2.45 bits per heavy atom. The molecule has 4 rings (SSSR count). The average molecular weight is 412 g/mol. The quantitative estimate of drug-likeness (QED) is 0.635. The number of thiazole rings is 1. The molecule has 2 aromatic heterocycles. The van der Waals surface area contributed by atoms with Crippen molar-refractivity contribution in [3.05, 3.63) is 35.5 Å². The largest absolute Gasteiger partial charge is 0.346 e. The van der Waals surface area contributed by atoms with E-state index in [0.717, 1.165) is 59.5 Å². The van der Waals surface area contributed by atoms with Crippen molar-refractivity contribution in [2.24, 2.45) is 5.41 Å². The molecule has 0 bridgehead atoms. The van der Waals surface area contributed by atoms with Crippen LogP contribution in [0.4, 0.5) is 5.13 Å². The van der Waals surface area contributed by atoms with Gasteiger partial charge in [0.05, 0.1) is 16.1 Å². The van der Waals surface area contributed by atoms with Gasteiger partial charge in [-0.05, 0) is 32.4 Å². The van der Waals surface area contributed by atoms with Gasteiger partial charge in [0, 0.05) is 31.6 Å². The van der Waals surface area contributed by atoms with Crippen molar-refractivity contribution >= 4 is 32.7 Å². The number of anilines is 1. The van der Waals surface area contributed by atoms with Crippen LogP contribution in [0.3, 0.4) is 0 Å². The number of hydrogen-bond donors (Lipinski definition) is 0. The SMILES string of the molecule is Cc1ccc(-n2nc(C)c3sc(N4CCCN(C(=O)C(C)(C)C)CC4)nc32)cc1. The molecule has 1 amide bonds. The van der Waals surface area contributed by atoms with E-state index in [1.807, 2.05) is 37.3 Å². The molecule has 0 N–H and O–H groups in total. The third-order valence-electron chi connectivity index (χ3n) is 5.35. The van der Waals surface area contributed by atoms with Gasteiger partial charge in [0.1, 0.15) is 0 Å². The molecule has 3 aromatic rings. The molecule has 0 radical (unpaired) electrons. The fourth-order valence-electron chi connectivity index (χ4n) is 3.71. The Kier molecular flexibility index (Phi) is 5.11. The predicted molar refractivity (Wildman–Crippen MR) is 119 cm³/mol. The molecule has 29 heavy (non-hydrogen) atoms. The molecule has 0 atom stereocenters. The highest BCUT2D eigenvalue weighted by Gasteiger charge is 2.29. The third-order valence-corrected chi connectivity index (χ3v) is 6.57. The summed E-state index contributed by atoms with van der Waals surface area (Å²) in [6.07, 6.45) is 0.959. The van der Waals surface area contributed by atoms with Gasteiger partial charge in [0.15, 0.2) is 10.8 Å². The first-order valence-corrected chi connectivity index (χ1v) is 11.0. The molecule has 1 saturated heterocycles. The Morgan fingerprint density at radius 2 is 1.76 bits per heavy atom. The number of aromatic nitrogens is 3. The number of amides is 1. The van der Waals surface area contributed by atoms with Crippen molar-refractivity contribution in [2.45, 2.75) is 41.0 Å². The zero-order chi connectivity index (χ0) is 20.8. The molecule has 1 aliphatic heterocycles. The normalized spacial score (nSPS) is 15.8. The lowest BCUT2D eigenvalue weighted by molar-refractivity contribution is -0.139. The van der Waals surface area contributed by atoms with Gasteiger partial charge in [0.25, 0.3) is 0 Å². The second-order valence-corrected chi connectivity index (χ2v) is 9.84. The van der Waals surface area contributed by atoms with Crippen molar-refractivity contribution in [1.29, 1.82) is 0 Å². The number of benzene rings is 1. The molecule has 0 spiro atoms. The number of nitrogens with zero attached hydrogens (tertiary/aromatic N) is 5. The Labute approximate surface area is 176 Å². The first-order chi connectivity index (χ1) is 13.7. The van der Waals surface area contributed by atoms with Crippen LogP contribution in [-0.2, 0) is 4.79 Å². The zero-order valence-electron chi connectivity index (χ0n) is 17.9. The Hall–Kier alpha value is -2.41. The smallest absolute Gasteiger partial charge is 0.228 e. The maximum atomic E-state index is 12.7. The number of fused-ring (bicyclic) bond motifs is 1. The van der Waals surface area contributed by atoms with Crippen molar-refractivity contribution in [2.75, 3.05) is 31.1 Å². The standard InChI is InChI=1S/C22H29N5OS/c1-15-7-9-17(10-8-15)27-19-18(16(2)24-27)29-21(23-19)26-12-6-11-25(13-14-26)20(28)22(3,4)5/h7-10H,6,11-14H2,1-5H3. The number of aryl methyl sites for hydroxylation is 2. The fraction of sp³-hybridized carbons (Fsp3) is 0.500. The van der Waals surface area contributed by atoms with Gasteiger partial charge in [-0.1, -0.05) is 49.8 Å². The van der Waals surface area contributed by atoms with Crippen molar-refractivity contribution < 1.29 is 4.79 Å². The first-order valence-electron chi connectivity index (χ1n) is 10.2. The summed E-state index contributed by atoms with van der Waals surface area (Å²) in [5.41, 5.74) is 3.84. The molecule has 6 nitrogen and oxygen atoms in total.